The minimum Gasteiger partial charge on any atom is -0.316 e. The van der Waals surface area contributed by atoms with Gasteiger partial charge >= 0.3 is 0 Å². The molecule has 0 heterocycles. The molecular weight excluding hydrogens is 194 g/mol. The average molecular weight is 217 g/mol. The summed E-state index contributed by atoms with van der Waals surface area (Å²) >= 11 is 0. The van der Waals surface area contributed by atoms with Gasteiger partial charge in [0, 0.05) is 6.54 Å². The minimum atomic E-state index is 0.975. The third-order valence-electron chi connectivity index (χ3n) is 3.10. The van der Waals surface area contributed by atoms with Gasteiger partial charge in [-0.05, 0) is 56.5 Å². The van der Waals surface area contributed by atoms with Crippen LogP contribution in [-0.2, 0) is 0 Å². The summed E-state index contributed by atoms with van der Waals surface area (Å²) < 4.78 is 0. The van der Waals surface area contributed by atoms with Gasteiger partial charge in [-0.3, -0.25) is 0 Å². The summed E-state index contributed by atoms with van der Waals surface area (Å²) in [6.45, 7) is 9.72. The van der Waals surface area contributed by atoms with E-state index in [1.807, 2.05) is 7.05 Å². The summed E-state index contributed by atoms with van der Waals surface area (Å²) in [5.41, 5.74) is 6.92. The van der Waals surface area contributed by atoms with Crippen LogP contribution in [0.2, 0.25) is 0 Å². The second-order valence-corrected chi connectivity index (χ2v) is 4.48. The van der Waals surface area contributed by atoms with E-state index in [9.17, 15) is 0 Å². The second-order valence-electron chi connectivity index (χ2n) is 4.48. The molecule has 0 aromatic heterocycles. The third-order valence-corrected chi connectivity index (χ3v) is 3.10. The SMILES string of the molecule is CCC(=Cc1cc(C)c(C)cc1C)CNC. The number of aryl methyl sites for hydroxylation is 3. The summed E-state index contributed by atoms with van der Waals surface area (Å²) in [7, 11) is 2.00. The molecule has 1 aromatic carbocycles. The highest BCUT2D eigenvalue weighted by molar-refractivity contribution is 5.58. The highest BCUT2D eigenvalue weighted by Crippen LogP contribution is 2.18. The number of rotatable bonds is 4. The molecule has 0 spiro atoms. The van der Waals surface area contributed by atoms with Gasteiger partial charge in [0.15, 0.2) is 0 Å². The van der Waals surface area contributed by atoms with Crippen LogP contribution in [-0.4, -0.2) is 13.6 Å². The van der Waals surface area contributed by atoms with Crippen molar-refractivity contribution in [1.29, 1.82) is 0 Å². The van der Waals surface area contributed by atoms with Gasteiger partial charge in [0.05, 0.1) is 0 Å². The predicted octanol–water partition coefficient (Wildman–Crippen LogP) is 3.62. The van der Waals surface area contributed by atoms with Crippen molar-refractivity contribution in [3.63, 3.8) is 0 Å². The summed E-state index contributed by atoms with van der Waals surface area (Å²) in [6.07, 6.45) is 3.42. The highest BCUT2D eigenvalue weighted by atomic mass is 14.8. The molecule has 1 rings (SSSR count). The molecular formula is C15H23N. The largest absolute Gasteiger partial charge is 0.316 e. The van der Waals surface area contributed by atoms with Crippen molar-refractivity contribution in [1.82, 2.24) is 5.32 Å². The quantitative estimate of drug-likeness (QED) is 0.812. The normalized spacial score (nSPS) is 11.9. The summed E-state index contributed by atoms with van der Waals surface area (Å²) in [6, 6.07) is 4.56. The Bertz CT molecular complexity index is 389. The first-order valence-corrected chi connectivity index (χ1v) is 6.00. The van der Waals surface area contributed by atoms with Gasteiger partial charge in [-0.2, -0.15) is 0 Å². The van der Waals surface area contributed by atoms with Gasteiger partial charge in [-0.25, -0.2) is 0 Å². The Morgan fingerprint density at radius 1 is 1.12 bits per heavy atom. The van der Waals surface area contributed by atoms with Crippen LogP contribution in [0.1, 0.15) is 35.6 Å². The van der Waals surface area contributed by atoms with E-state index in [0.717, 1.165) is 13.0 Å². The van der Waals surface area contributed by atoms with Gasteiger partial charge < -0.3 is 5.32 Å². The van der Waals surface area contributed by atoms with Gasteiger partial charge in [-0.1, -0.05) is 30.7 Å². The molecule has 0 fully saturated rings. The Balaban J connectivity index is 3.08. The van der Waals surface area contributed by atoms with Crippen molar-refractivity contribution >= 4 is 6.08 Å². The molecule has 88 valence electrons. The second kappa shape index (κ2) is 5.86. The van der Waals surface area contributed by atoms with Crippen LogP contribution >= 0.6 is 0 Å². The first-order valence-electron chi connectivity index (χ1n) is 6.00. The Kier molecular flexibility index (Phi) is 4.75. The zero-order valence-electron chi connectivity index (χ0n) is 11.1. The summed E-state index contributed by atoms with van der Waals surface area (Å²) in [5, 5.41) is 3.22. The average Bonchev–Trinajstić information content (AvgIpc) is 2.25. The number of benzene rings is 1. The summed E-state index contributed by atoms with van der Waals surface area (Å²) in [5.74, 6) is 0. The highest BCUT2D eigenvalue weighted by Gasteiger charge is 2.01. The first-order chi connectivity index (χ1) is 7.58. The molecule has 16 heavy (non-hydrogen) atoms. The molecule has 0 amide bonds. The Morgan fingerprint density at radius 3 is 2.31 bits per heavy atom. The molecule has 1 heteroatoms. The monoisotopic (exact) mass is 217 g/mol. The number of hydrogen-bond donors (Lipinski definition) is 1. The van der Waals surface area contributed by atoms with Crippen LogP contribution in [0.15, 0.2) is 17.7 Å². The maximum atomic E-state index is 3.22. The lowest BCUT2D eigenvalue weighted by molar-refractivity contribution is 0.851. The van der Waals surface area contributed by atoms with E-state index in [1.165, 1.54) is 27.8 Å². The topological polar surface area (TPSA) is 12.0 Å². The maximum Gasteiger partial charge on any atom is 0.0164 e. The lowest BCUT2D eigenvalue weighted by Gasteiger charge is -2.09. The fraction of sp³-hybridized carbons (Fsp3) is 0.467. The fourth-order valence-electron chi connectivity index (χ4n) is 1.86. The predicted molar refractivity (Wildman–Crippen MR) is 72.8 cm³/mol. The van der Waals surface area contributed by atoms with Gasteiger partial charge in [0.25, 0.3) is 0 Å². The Labute approximate surface area is 99.6 Å². The molecule has 0 aliphatic carbocycles. The van der Waals surface area contributed by atoms with Crippen molar-refractivity contribution in [2.45, 2.75) is 34.1 Å². The van der Waals surface area contributed by atoms with E-state index in [1.54, 1.807) is 0 Å². The molecule has 0 saturated carbocycles. The van der Waals surface area contributed by atoms with Gasteiger partial charge in [0.2, 0.25) is 0 Å². The minimum absolute atomic E-state index is 0.975. The van der Waals surface area contributed by atoms with Gasteiger partial charge in [0.1, 0.15) is 0 Å². The smallest absolute Gasteiger partial charge is 0.0164 e. The molecule has 0 aliphatic heterocycles. The van der Waals surface area contributed by atoms with E-state index >= 15 is 0 Å². The van der Waals surface area contributed by atoms with Crippen LogP contribution in [0.5, 0.6) is 0 Å². The first kappa shape index (κ1) is 13.0. The molecule has 0 atom stereocenters. The molecule has 0 aliphatic rings. The molecule has 0 saturated heterocycles. The van der Waals surface area contributed by atoms with Crippen molar-refractivity contribution in [2.75, 3.05) is 13.6 Å². The Morgan fingerprint density at radius 2 is 1.75 bits per heavy atom. The number of nitrogens with one attached hydrogen (secondary N) is 1. The fourth-order valence-corrected chi connectivity index (χ4v) is 1.86. The molecule has 0 unspecified atom stereocenters. The van der Waals surface area contributed by atoms with E-state index in [0.29, 0.717) is 0 Å². The number of hydrogen-bond acceptors (Lipinski definition) is 1. The van der Waals surface area contributed by atoms with Crippen LogP contribution in [0.25, 0.3) is 6.08 Å². The van der Waals surface area contributed by atoms with Crippen molar-refractivity contribution in [3.8, 4) is 0 Å². The lowest BCUT2D eigenvalue weighted by Crippen LogP contribution is -2.09. The van der Waals surface area contributed by atoms with Crippen LogP contribution in [0.4, 0.5) is 0 Å². The molecule has 1 N–H and O–H groups in total. The van der Waals surface area contributed by atoms with Gasteiger partial charge in [-0.15, -0.1) is 0 Å². The van der Waals surface area contributed by atoms with Crippen molar-refractivity contribution < 1.29 is 0 Å². The van der Waals surface area contributed by atoms with E-state index in [4.69, 9.17) is 0 Å². The van der Waals surface area contributed by atoms with Crippen LogP contribution in [0, 0.1) is 20.8 Å². The Hall–Kier alpha value is -1.08. The van der Waals surface area contributed by atoms with Crippen molar-refractivity contribution in [3.05, 3.63) is 40.0 Å². The number of likely N-dealkylation sites (N-methyl/N-ethyl adjacent to an activating group) is 1. The molecule has 0 bridgehead atoms. The molecule has 0 radical (unpaired) electrons. The van der Waals surface area contributed by atoms with E-state index in [2.05, 4.69) is 51.2 Å². The van der Waals surface area contributed by atoms with Crippen molar-refractivity contribution in [2.24, 2.45) is 0 Å². The molecule has 1 nitrogen and oxygen atoms in total. The van der Waals surface area contributed by atoms with Crippen LogP contribution < -0.4 is 5.32 Å². The lowest BCUT2D eigenvalue weighted by atomic mass is 9.98. The zero-order valence-corrected chi connectivity index (χ0v) is 11.1. The van der Waals surface area contributed by atoms with E-state index in [-0.39, 0.29) is 0 Å². The third kappa shape index (κ3) is 3.21. The zero-order chi connectivity index (χ0) is 12.1. The van der Waals surface area contributed by atoms with E-state index < -0.39 is 0 Å². The molecule has 1 aromatic rings. The summed E-state index contributed by atoms with van der Waals surface area (Å²) in [4.78, 5) is 0. The standard InChI is InChI=1S/C15H23N/c1-6-14(10-16-5)9-15-8-12(3)11(2)7-13(15)4/h7-9,16H,6,10H2,1-5H3. The van der Waals surface area contributed by atoms with Crippen LogP contribution in [0.3, 0.4) is 0 Å². The maximum absolute atomic E-state index is 3.22.